The predicted molar refractivity (Wildman–Crippen MR) is 148 cm³/mol. The molecule has 3 nitrogen and oxygen atoms in total. The van der Waals surface area contributed by atoms with Crippen molar-refractivity contribution in [2.75, 3.05) is 17.2 Å². The minimum atomic E-state index is 0.144. The van der Waals surface area contributed by atoms with Crippen LogP contribution < -0.4 is 10.6 Å². The molecule has 0 saturated carbocycles. The third-order valence-corrected chi connectivity index (χ3v) is 6.20. The Morgan fingerprint density at radius 2 is 1.11 bits per heavy atom. The van der Waals surface area contributed by atoms with Gasteiger partial charge in [0.05, 0.1) is 30.6 Å². The lowest BCUT2D eigenvalue weighted by molar-refractivity contribution is 0.112. The van der Waals surface area contributed by atoms with Crippen LogP contribution in [0, 0.1) is 20.8 Å². The van der Waals surface area contributed by atoms with E-state index in [4.69, 9.17) is 4.74 Å². The molecule has 4 rings (SSSR count). The van der Waals surface area contributed by atoms with Crippen LogP contribution in [0.2, 0.25) is 0 Å². The smallest absolute Gasteiger partial charge is 0.0717 e. The number of hydrogen-bond acceptors (Lipinski definition) is 3. The lowest BCUT2D eigenvalue weighted by Crippen LogP contribution is -2.28. The Hall–Kier alpha value is -3.56. The van der Waals surface area contributed by atoms with Crippen LogP contribution in [0.15, 0.2) is 97.1 Å². The molecule has 0 fully saturated rings. The SMILES string of the molecule is Cc1ccc(CNc2ccccc2NC(COCc2ccc(C)cc2)Cc2ccc(C)cc2)cc1. The van der Waals surface area contributed by atoms with Crippen LogP contribution in [0.1, 0.15) is 33.4 Å². The summed E-state index contributed by atoms with van der Waals surface area (Å²) >= 11 is 0. The van der Waals surface area contributed by atoms with Gasteiger partial charge in [0, 0.05) is 6.54 Å². The van der Waals surface area contributed by atoms with Crippen molar-refractivity contribution < 1.29 is 4.74 Å². The van der Waals surface area contributed by atoms with E-state index in [1.54, 1.807) is 0 Å². The molecule has 1 atom stereocenters. The van der Waals surface area contributed by atoms with Crippen molar-refractivity contribution in [2.24, 2.45) is 0 Å². The Bertz CT molecular complexity index is 1180. The van der Waals surface area contributed by atoms with Gasteiger partial charge in [0.15, 0.2) is 0 Å². The van der Waals surface area contributed by atoms with E-state index in [9.17, 15) is 0 Å². The van der Waals surface area contributed by atoms with Crippen molar-refractivity contribution in [3.8, 4) is 0 Å². The van der Waals surface area contributed by atoms with Crippen molar-refractivity contribution in [3.63, 3.8) is 0 Å². The van der Waals surface area contributed by atoms with Crippen LogP contribution in [0.25, 0.3) is 0 Å². The summed E-state index contributed by atoms with van der Waals surface area (Å²) in [6, 6.07) is 34.6. The zero-order valence-corrected chi connectivity index (χ0v) is 21.1. The first kappa shape index (κ1) is 24.6. The molecule has 4 aromatic carbocycles. The van der Waals surface area contributed by atoms with E-state index in [2.05, 4.69) is 128 Å². The third kappa shape index (κ3) is 7.73. The molecule has 0 aliphatic heterocycles. The molecule has 0 aliphatic carbocycles. The monoisotopic (exact) mass is 464 g/mol. The van der Waals surface area contributed by atoms with Crippen LogP contribution in [-0.2, 0) is 24.3 Å². The average Bonchev–Trinajstić information content (AvgIpc) is 2.87. The molecule has 0 aliphatic rings. The van der Waals surface area contributed by atoms with Gasteiger partial charge in [0.1, 0.15) is 0 Å². The number of benzene rings is 4. The molecule has 0 spiro atoms. The normalized spacial score (nSPS) is 11.7. The van der Waals surface area contributed by atoms with Gasteiger partial charge in [-0.05, 0) is 56.0 Å². The van der Waals surface area contributed by atoms with Crippen LogP contribution in [-0.4, -0.2) is 12.6 Å². The Morgan fingerprint density at radius 3 is 1.71 bits per heavy atom. The number of rotatable bonds is 11. The summed E-state index contributed by atoms with van der Waals surface area (Å²) in [5.41, 5.74) is 9.78. The minimum absolute atomic E-state index is 0.144. The van der Waals surface area contributed by atoms with Gasteiger partial charge in [0.25, 0.3) is 0 Å². The van der Waals surface area contributed by atoms with Crippen LogP contribution in [0.4, 0.5) is 11.4 Å². The first-order chi connectivity index (χ1) is 17.0. The Balaban J connectivity index is 1.44. The fourth-order valence-corrected chi connectivity index (χ4v) is 4.05. The number of hydrogen-bond donors (Lipinski definition) is 2. The van der Waals surface area contributed by atoms with Gasteiger partial charge < -0.3 is 15.4 Å². The van der Waals surface area contributed by atoms with E-state index in [0.717, 1.165) is 24.3 Å². The molecule has 3 heteroatoms. The maximum Gasteiger partial charge on any atom is 0.0717 e. The van der Waals surface area contributed by atoms with Crippen molar-refractivity contribution in [1.29, 1.82) is 0 Å². The first-order valence-corrected chi connectivity index (χ1v) is 12.4. The Kier molecular flexibility index (Phi) is 8.58. The van der Waals surface area contributed by atoms with E-state index >= 15 is 0 Å². The lowest BCUT2D eigenvalue weighted by Gasteiger charge is -2.23. The molecule has 0 aromatic heterocycles. The first-order valence-electron chi connectivity index (χ1n) is 12.4. The van der Waals surface area contributed by atoms with Crippen molar-refractivity contribution in [2.45, 2.75) is 46.4 Å². The molecule has 35 heavy (non-hydrogen) atoms. The molecule has 0 heterocycles. The van der Waals surface area contributed by atoms with Crippen LogP contribution >= 0.6 is 0 Å². The standard InChI is InChI=1S/C32H36N2O/c1-24-8-14-27(15-9-24)20-30(23-35-22-29-18-12-26(3)13-19-29)34-32-7-5-4-6-31(32)33-21-28-16-10-25(2)11-17-28/h4-19,30,33-34H,20-23H2,1-3H3. The molecule has 0 bridgehead atoms. The van der Waals surface area contributed by atoms with Gasteiger partial charge in [0.2, 0.25) is 0 Å². The highest BCUT2D eigenvalue weighted by atomic mass is 16.5. The zero-order chi connectivity index (χ0) is 24.5. The lowest BCUT2D eigenvalue weighted by atomic mass is 10.0. The quantitative estimate of drug-likeness (QED) is 0.242. The predicted octanol–water partition coefficient (Wildman–Crippen LogP) is 7.46. The van der Waals surface area contributed by atoms with Crippen LogP contribution in [0.5, 0.6) is 0 Å². The van der Waals surface area contributed by atoms with Gasteiger partial charge >= 0.3 is 0 Å². The molecule has 0 saturated heterocycles. The average molecular weight is 465 g/mol. The second-order valence-corrected chi connectivity index (χ2v) is 9.42. The van der Waals surface area contributed by atoms with E-state index in [1.165, 1.54) is 33.4 Å². The summed E-state index contributed by atoms with van der Waals surface area (Å²) < 4.78 is 6.19. The number of para-hydroxylation sites is 2. The molecule has 180 valence electrons. The van der Waals surface area contributed by atoms with Crippen molar-refractivity contribution in [3.05, 3.63) is 130 Å². The summed E-state index contributed by atoms with van der Waals surface area (Å²) in [5, 5.41) is 7.37. The zero-order valence-electron chi connectivity index (χ0n) is 21.1. The summed E-state index contributed by atoms with van der Waals surface area (Å²) in [4.78, 5) is 0. The number of nitrogens with one attached hydrogen (secondary N) is 2. The molecular weight excluding hydrogens is 428 g/mol. The molecule has 4 aromatic rings. The summed E-state index contributed by atoms with van der Waals surface area (Å²) in [6.07, 6.45) is 0.889. The number of ether oxygens (including phenoxy) is 1. The van der Waals surface area contributed by atoms with Gasteiger partial charge in [-0.15, -0.1) is 0 Å². The fourth-order valence-electron chi connectivity index (χ4n) is 4.05. The molecular formula is C32H36N2O. The van der Waals surface area contributed by atoms with Gasteiger partial charge in [-0.1, -0.05) is 102 Å². The molecule has 1 unspecified atom stereocenters. The summed E-state index contributed by atoms with van der Waals surface area (Å²) in [7, 11) is 0. The van der Waals surface area contributed by atoms with Gasteiger partial charge in [-0.25, -0.2) is 0 Å². The van der Waals surface area contributed by atoms with Gasteiger partial charge in [-0.3, -0.25) is 0 Å². The van der Waals surface area contributed by atoms with E-state index in [0.29, 0.717) is 13.2 Å². The second-order valence-electron chi connectivity index (χ2n) is 9.42. The van der Waals surface area contributed by atoms with Gasteiger partial charge in [-0.2, -0.15) is 0 Å². The Morgan fingerprint density at radius 1 is 0.600 bits per heavy atom. The number of anilines is 2. The second kappa shape index (κ2) is 12.2. The maximum atomic E-state index is 6.19. The van der Waals surface area contributed by atoms with Crippen molar-refractivity contribution in [1.82, 2.24) is 0 Å². The highest BCUT2D eigenvalue weighted by Crippen LogP contribution is 2.24. The fraction of sp³-hybridized carbons (Fsp3) is 0.250. The summed E-state index contributed by atoms with van der Waals surface area (Å²) in [5.74, 6) is 0. The molecule has 0 amide bonds. The van der Waals surface area contributed by atoms with Crippen molar-refractivity contribution >= 4 is 11.4 Å². The van der Waals surface area contributed by atoms with E-state index in [1.807, 2.05) is 0 Å². The van der Waals surface area contributed by atoms with E-state index in [-0.39, 0.29) is 6.04 Å². The maximum absolute atomic E-state index is 6.19. The molecule has 0 radical (unpaired) electrons. The highest BCUT2D eigenvalue weighted by Gasteiger charge is 2.13. The number of aryl methyl sites for hydroxylation is 3. The summed E-state index contributed by atoms with van der Waals surface area (Å²) in [6.45, 7) is 8.36. The topological polar surface area (TPSA) is 33.3 Å². The highest BCUT2D eigenvalue weighted by molar-refractivity contribution is 5.69. The van der Waals surface area contributed by atoms with E-state index < -0.39 is 0 Å². The molecule has 2 N–H and O–H groups in total. The largest absolute Gasteiger partial charge is 0.379 e. The Labute approximate surface area is 210 Å². The van der Waals surface area contributed by atoms with Crippen LogP contribution in [0.3, 0.4) is 0 Å². The third-order valence-electron chi connectivity index (χ3n) is 6.20. The minimum Gasteiger partial charge on any atom is -0.379 e.